The standard InChI is InChI=1S/C19H20N4OS2/c1-13(2)18-21-19(23-22-18)25-12-17(24)20-15-10-6-7-11-16(15)26-14-8-4-3-5-9-14/h3-11,13H,12H2,1-2H3,(H,20,24)(H,21,22,23). The SMILES string of the molecule is CC(C)c1nc(SCC(=O)Nc2ccccc2Sc2ccccc2)n[nH]1. The van der Waals surface area contributed by atoms with Gasteiger partial charge in [-0.2, -0.15) is 0 Å². The molecular formula is C19H20N4OS2. The normalized spacial score (nSPS) is 10.9. The molecule has 5 nitrogen and oxygen atoms in total. The van der Waals surface area contributed by atoms with E-state index in [1.165, 1.54) is 11.8 Å². The van der Waals surface area contributed by atoms with Crippen molar-refractivity contribution in [1.82, 2.24) is 15.2 Å². The van der Waals surface area contributed by atoms with E-state index in [1.54, 1.807) is 11.8 Å². The smallest absolute Gasteiger partial charge is 0.234 e. The zero-order valence-electron chi connectivity index (χ0n) is 14.6. The van der Waals surface area contributed by atoms with E-state index in [9.17, 15) is 4.79 Å². The number of thioether (sulfide) groups is 1. The molecule has 3 aromatic rings. The quantitative estimate of drug-likeness (QED) is 0.572. The van der Waals surface area contributed by atoms with Crippen LogP contribution >= 0.6 is 23.5 Å². The Hall–Kier alpha value is -2.25. The zero-order chi connectivity index (χ0) is 18.4. The summed E-state index contributed by atoms with van der Waals surface area (Å²) in [7, 11) is 0. The maximum Gasteiger partial charge on any atom is 0.234 e. The van der Waals surface area contributed by atoms with Crippen LogP contribution in [0.2, 0.25) is 0 Å². The molecule has 0 bridgehead atoms. The van der Waals surface area contributed by atoms with Gasteiger partial charge in [-0.15, -0.1) is 5.10 Å². The summed E-state index contributed by atoms with van der Waals surface area (Å²) in [5, 5.41) is 10.6. The Bertz CT molecular complexity index is 865. The lowest BCUT2D eigenvalue weighted by atomic mass is 10.2. The number of aromatic nitrogens is 3. The summed E-state index contributed by atoms with van der Waals surface area (Å²) in [5.41, 5.74) is 0.810. The largest absolute Gasteiger partial charge is 0.324 e. The fraction of sp³-hybridized carbons (Fsp3) is 0.211. The average Bonchev–Trinajstić information content (AvgIpc) is 3.12. The minimum absolute atomic E-state index is 0.0768. The predicted octanol–water partition coefficient (Wildman–Crippen LogP) is 4.81. The van der Waals surface area contributed by atoms with Gasteiger partial charge in [0.1, 0.15) is 5.82 Å². The van der Waals surface area contributed by atoms with Crippen LogP contribution in [0.25, 0.3) is 0 Å². The molecule has 0 aliphatic heterocycles. The summed E-state index contributed by atoms with van der Waals surface area (Å²) in [4.78, 5) is 18.8. The highest BCUT2D eigenvalue weighted by molar-refractivity contribution is 8.00. The van der Waals surface area contributed by atoms with Gasteiger partial charge in [0.2, 0.25) is 11.1 Å². The molecule has 0 spiro atoms. The molecule has 2 N–H and O–H groups in total. The third kappa shape index (κ3) is 5.12. The van der Waals surface area contributed by atoms with Gasteiger partial charge in [-0.05, 0) is 24.3 Å². The fourth-order valence-corrected chi connectivity index (χ4v) is 3.70. The van der Waals surface area contributed by atoms with Crippen LogP contribution in [-0.2, 0) is 4.79 Å². The highest BCUT2D eigenvalue weighted by Crippen LogP contribution is 2.33. The lowest BCUT2D eigenvalue weighted by Crippen LogP contribution is -2.14. The molecule has 1 amide bonds. The molecule has 3 rings (SSSR count). The Morgan fingerprint density at radius 3 is 2.58 bits per heavy atom. The van der Waals surface area contributed by atoms with E-state index < -0.39 is 0 Å². The van der Waals surface area contributed by atoms with Crippen molar-refractivity contribution in [3.05, 3.63) is 60.4 Å². The van der Waals surface area contributed by atoms with E-state index in [4.69, 9.17) is 0 Å². The zero-order valence-corrected chi connectivity index (χ0v) is 16.2. The van der Waals surface area contributed by atoms with E-state index in [2.05, 4.69) is 32.6 Å². The van der Waals surface area contributed by atoms with Crippen molar-refractivity contribution in [1.29, 1.82) is 0 Å². The summed E-state index contributed by atoms with van der Waals surface area (Å²) < 4.78 is 0. The van der Waals surface area contributed by atoms with Crippen LogP contribution in [-0.4, -0.2) is 26.8 Å². The highest BCUT2D eigenvalue weighted by Gasteiger charge is 2.11. The molecule has 0 atom stereocenters. The van der Waals surface area contributed by atoms with Crippen molar-refractivity contribution in [3.63, 3.8) is 0 Å². The second-order valence-electron chi connectivity index (χ2n) is 5.91. The maximum absolute atomic E-state index is 12.3. The monoisotopic (exact) mass is 384 g/mol. The first kappa shape index (κ1) is 18.5. The number of carbonyl (C=O) groups excluding carboxylic acids is 1. The highest BCUT2D eigenvalue weighted by atomic mass is 32.2. The van der Waals surface area contributed by atoms with Crippen LogP contribution < -0.4 is 5.32 Å². The number of rotatable bonds is 7. The number of hydrogen-bond acceptors (Lipinski definition) is 5. The number of amides is 1. The topological polar surface area (TPSA) is 70.7 Å². The maximum atomic E-state index is 12.3. The Morgan fingerprint density at radius 2 is 1.85 bits per heavy atom. The van der Waals surface area contributed by atoms with E-state index in [1.807, 2.05) is 56.3 Å². The van der Waals surface area contributed by atoms with Crippen LogP contribution in [0.3, 0.4) is 0 Å². The number of aromatic amines is 1. The van der Waals surface area contributed by atoms with Crippen molar-refractivity contribution in [3.8, 4) is 0 Å². The summed E-state index contributed by atoms with van der Waals surface area (Å²) in [6, 6.07) is 17.9. The molecule has 26 heavy (non-hydrogen) atoms. The minimum atomic E-state index is -0.0768. The fourth-order valence-electron chi connectivity index (χ4n) is 2.17. The lowest BCUT2D eigenvalue weighted by molar-refractivity contribution is -0.113. The van der Waals surface area contributed by atoms with Gasteiger partial charge in [0, 0.05) is 15.7 Å². The molecule has 0 unspecified atom stereocenters. The van der Waals surface area contributed by atoms with Gasteiger partial charge in [-0.1, -0.05) is 67.7 Å². The summed E-state index contributed by atoms with van der Waals surface area (Å²) in [5.74, 6) is 1.30. The predicted molar refractivity (Wildman–Crippen MR) is 107 cm³/mol. The molecule has 0 radical (unpaired) electrons. The molecule has 1 heterocycles. The van der Waals surface area contributed by atoms with Gasteiger partial charge in [-0.3, -0.25) is 9.89 Å². The first-order valence-electron chi connectivity index (χ1n) is 8.28. The molecule has 7 heteroatoms. The second-order valence-corrected chi connectivity index (χ2v) is 7.96. The van der Waals surface area contributed by atoms with Gasteiger partial charge in [-0.25, -0.2) is 4.98 Å². The molecule has 2 aromatic carbocycles. The average molecular weight is 385 g/mol. The van der Waals surface area contributed by atoms with Crippen molar-refractivity contribution < 1.29 is 4.79 Å². The number of anilines is 1. The van der Waals surface area contributed by atoms with E-state index in [-0.39, 0.29) is 17.6 Å². The molecule has 0 aliphatic carbocycles. The first-order chi connectivity index (χ1) is 12.6. The number of hydrogen-bond donors (Lipinski definition) is 2. The number of benzene rings is 2. The number of carbonyl (C=O) groups is 1. The van der Waals surface area contributed by atoms with Crippen molar-refractivity contribution in [2.45, 2.75) is 34.7 Å². The summed E-state index contributed by atoms with van der Waals surface area (Å²) >= 11 is 2.95. The van der Waals surface area contributed by atoms with Crippen LogP contribution in [0.15, 0.2) is 69.5 Å². The molecule has 0 fully saturated rings. The Balaban J connectivity index is 1.60. The number of H-pyrrole nitrogens is 1. The summed E-state index contributed by atoms with van der Waals surface area (Å²) in [6.45, 7) is 4.09. The van der Waals surface area contributed by atoms with Crippen LogP contribution in [0, 0.1) is 0 Å². The molecule has 0 saturated carbocycles. The first-order valence-corrected chi connectivity index (χ1v) is 10.1. The van der Waals surface area contributed by atoms with Crippen LogP contribution in [0.1, 0.15) is 25.6 Å². The van der Waals surface area contributed by atoms with Crippen molar-refractivity contribution >= 4 is 35.1 Å². The third-order valence-corrected chi connectivity index (χ3v) is 5.42. The van der Waals surface area contributed by atoms with E-state index >= 15 is 0 Å². The number of nitrogens with one attached hydrogen (secondary N) is 2. The van der Waals surface area contributed by atoms with E-state index in [0.29, 0.717) is 5.16 Å². The Kier molecular flexibility index (Phi) is 6.35. The molecule has 134 valence electrons. The van der Waals surface area contributed by atoms with Gasteiger partial charge >= 0.3 is 0 Å². The Labute approximate surface area is 161 Å². The van der Waals surface area contributed by atoms with Crippen LogP contribution in [0.5, 0.6) is 0 Å². The van der Waals surface area contributed by atoms with Gasteiger partial charge in [0.25, 0.3) is 0 Å². The van der Waals surface area contributed by atoms with Gasteiger partial charge in [0.05, 0.1) is 11.4 Å². The summed E-state index contributed by atoms with van der Waals surface area (Å²) in [6.07, 6.45) is 0. The molecule has 1 aromatic heterocycles. The van der Waals surface area contributed by atoms with Crippen molar-refractivity contribution in [2.75, 3.05) is 11.1 Å². The lowest BCUT2D eigenvalue weighted by Gasteiger charge is -2.10. The van der Waals surface area contributed by atoms with E-state index in [0.717, 1.165) is 21.3 Å². The van der Waals surface area contributed by atoms with Gasteiger partial charge < -0.3 is 5.32 Å². The third-order valence-electron chi connectivity index (χ3n) is 3.49. The van der Waals surface area contributed by atoms with Gasteiger partial charge in [0.15, 0.2) is 0 Å². The number of para-hydroxylation sites is 1. The minimum Gasteiger partial charge on any atom is -0.324 e. The molecule has 0 aliphatic rings. The molecular weight excluding hydrogens is 364 g/mol. The molecule has 0 saturated heterocycles. The van der Waals surface area contributed by atoms with Crippen LogP contribution in [0.4, 0.5) is 5.69 Å². The number of nitrogens with zero attached hydrogens (tertiary/aromatic N) is 2. The second kappa shape index (κ2) is 8.91. The Morgan fingerprint density at radius 1 is 1.12 bits per heavy atom. The van der Waals surface area contributed by atoms with Crippen molar-refractivity contribution in [2.24, 2.45) is 0 Å².